The highest BCUT2D eigenvalue weighted by molar-refractivity contribution is 5.31. The molecule has 1 aromatic rings. The first kappa shape index (κ1) is 10.4. The zero-order valence-electron chi connectivity index (χ0n) is 8.87. The molecule has 0 spiro atoms. The Bertz CT molecular complexity index is 347. The van der Waals surface area contributed by atoms with Gasteiger partial charge in [-0.25, -0.2) is 4.39 Å². The summed E-state index contributed by atoms with van der Waals surface area (Å²) in [6.07, 6.45) is 2.46. The van der Waals surface area contributed by atoms with E-state index in [1.165, 1.54) is 25.0 Å². The maximum atomic E-state index is 13.2. The fourth-order valence-electron chi connectivity index (χ4n) is 1.43. The molecule has 2 N–H and O–H groups in total. The minimum Gasteiger partial charge on any atom is -0.493 e. The third-order valence-corrected chi connectivity index (χ3v) is 2.60. The minimum absolute atomic E-state index is 0.163. The molecule has 0 radical (unpaired) electrons. The van der Waals surface area contributed by atoms with E-state index in [0.717, 1.165) is 5.56 Å². The Hall–Kier alpha value is -1.09. The van der Waals surface area contributed by atoms with Gasteiger partial charge in [-0.2, -0.15) is 0 Å². The average molecular weight is 209 g/mol. The number of rotatable bonds is 4. The van der Waals surface area contributed by atoms with Crippen molar-refractivity contribution < 1.29 is 9.13 Å². The first-order valence-electron chi connectivity index (χ1n) is 5.34. The van der Waals surface area contributed by atoms with Crippen molar-refractivity contribution in [3.8, 4) is 5.75 Å². The molecule has 0 aromatic heterocycles. The van der Waals surface area contributed by atoms with Gasteiger partial charge in [-0.1, -0.05) is 0 Å². The molecule has 1 aromatic carbocycles. The van der Waals surface area contributed by atoms with Crippen molar-refractivity contribution in [1.29, 1.82) is 0 Å². The third kappa shape index (κ3) is 2.93. The van der Waals surface area contributed by atoms with Gasteiger partial charge in [0.15, 0.2) is 0 Å². The lowest BCUT2D eigenvalue weighted by molar-refractivity contribution is 0.298. The van der Waals surface area contributed by atoms with Crippen molar-refractivity contribution in [3.63, 3.8) is 0 Å². The van der Waals surface area contributed by atoms with Gasteiger partial charge in [0, 0.05) is 12.1 Å². The Kier molecular flexibility index (Phi) is 2.91. The highest BCUT2D eigenvalue weighted by Gasteiger charge is 2.22. The van der Waals surface area contributed by atoms with Gasteiger partial charge < -0.3 is 10.5 Å². The minimum atomic E-state index is -0.282. The van der Waals surface area contributed by atoms with Gasteiger partial charge in [-0.3, -0.25) is 0 Å². The summed E-state index contributed by atoms with van der Waals surface area (Å²) < 4.78 is 18.7. The van der Waals surface area contributed by atoms with E-state index in [9.17, 15) is 4.39 Å². The molecule has 0 heterocycles. The molecule has 0 aliphatic heterocycles. The van der Waals surface area contributed by atoms with Crippen LogP contribution in [0.15, 0.2) is 18.2 Å². The van der Waals surface area contributed by atoms with E-state index in [2.05, 4.69) is 0 Å². The van der Waals surface area contributed by atoms with Crippen molar-refractivity contribution >= 4 is 0 Å². The molecule has 2 nitrogen and oxygen atoms in total. The normalized spacial score (nSPS) is 17.5. The molecular formula is C12H16FNO. The lowest BCUT2D eigenvalue weighted by Gasteiger charge is -2.10. The van der Waals surface area contributed by atoms with Crippen molar-refractivity contribution in [3.05, 3.63) is 29.6 Å². The lowest BCUT2D eigenvalue weighted by Crippen LogP contribution is -2.06. The van der Waals surface area contributed by atoms with E-state index in [1.54, 1.807) is 0 Å². The largest absolute Gasteiger partial charge is 0.493 e. The predicted molar refractivity (Wildman–Crippen MR) is 57.2 cm³/mol. The summed E-state index contributed by atoms with van der Waals surface area (Å²) in [6.45, 7) is 2.53. The second-order valence-corrected chi connectivity index (χ2v) is 4.26. The number of hydrogen-bond acceptors (Lipinski definition) is 2. The average Bonchev–Trinajstić information content (AvgIpc) is 2.97. The van der Waals surface area contributed by atoms with Crippen LogP contribution in [-0.4, -0.2) is 6.61 Å². The summed E-state index contributed by atoms with van der Waals surface area (Å²) in [7, 11) is 0. The van der Waals surface area contributed by atoms with Crippen LogP contribution in [0.4, 0.5) is 4.39 Å². The number of benzene rings is 1. The maximum Gasteiger partial charge on any atom is 0.127 e. The molecule has 1 aliphatic rings. The fourth-order valence-corrected chi connectivity index (χ4v) is 1.43. The van der Waals surface area contributed by atoms with Crippen LogP contribution >= 0.6 is 0 Å². The molecule has 0 bridgehead atoms. The van der Waals surface area contributed by atoms with Crippen LogP contribution in [0.3, 0.4) is 0 Å². The Labute approximate surface area is 89.2 Å². The maximum absolute atomic E-state index is 13.2. The number of ether oxygens (including phenoxy) is 1. The fraction of sp³-hybridized carbons (Fsp3) is 0.500. The van der Waals surface area contributed by atoms with E-state index in [4.69, 9.17) is 10.5 Å². The van der Waals surface area contributed by atoms with Crippen molar-refractivity contribution in [2.45, 2.75) is 25.8 Å². The molecular weight excluding hydrogens is 193 g/mol. The van der Waals surface area contributed by atoms with Crippen molar-refractivity contribution in [2.24, 2.45) is 11.7 Å². The molecule has 2 rings (SSSR count). The molecule has 1 fully saturated rings. The van der Waals surface area contributed by atoms with Gasteiger partial charge in [0.25, 0.3) is 0 Å². The van der Waals surface area contributed by atoms with Crippen LogP contribution in [0.25, 0.3) is 0 Å². The summed E-state index contributed by atoms with van der Waals surface area (Å²) in [5, 5.41) is 0. The molecule has 0 saturated heterocycles. The standard InChI is InChI=1S/C12H16FNO/c1-8(14)10-4-11(13)6-12(5-10)15-7-9-2-3-9/h4-6,8-9H,2-3,7,14H2,1H3/t8-/m0/s1. The molecule has 3 heteroatoms. The molecule has 15 heavy (non-hydrogen) atoms. The van der Waals surface area contributed by atoms with Crippen molar-refractivity contribution in [1.82, 2.24) is 0 Å². The highest BCUT2D eigenvalue weighted by Crippen LogP contribution is 2.30. The highest BCUT2D eigenvalue weighted by atomic mass is 19.1. The van der Waals surface area contributed by atoms with Crippen LogP contribution in [0.5, 0.6) is 5.75 Å². The van der Waals surface area contributed by atoms with Crippen LogP contribution in [0.1, 0.15) is 31.4 Å². The lowest BCUT2D eigenvalue weighted by atomic mass is 10.1. The van der Waals surface area contributed by atoms with Crippen molar-refractivity contribution in [2.75, 3.05) is 6.61 Å². The van der Waals surface area contributed by atoms with Gasteiger partial charge in [-0.05, 0) is 43.4 Å². The Morgan fingerprint density at radius 2 is 2.20 bits per heavy atom. The number of halogens is 1. The molecule has 0 amide bonds. The van der Waals surface area contributed by atoms with Gasteiger partial charge in [0.1, 0.15) is 11.6 Å². The SMILES string of the molecule is C[C@H](N)c1cc(F)cc(OCC2CC2)c1. The second-order valence-electron chi connectivity index (χ2n) is 4.26. The number of nitrogens with two attached hydrogens (primary N) is 1. The monoisotopic (exact) mass is 209 g/mol. The molecule has 82 valence electrons. The van der Waals surface area contributed by atoms with Crippen LogP contribution in [0.2, 0.25) is 0 Å². The first-order valence-corrected chi connectivity index (χ1v) is 5.34. The van der Waals surface area contributed by atoms with Gasteiger partial charge in [0.2, 0.25) is 0 Å². The second kappa shape index (κ2) is 4.19. The first-order chi connectivity index (χ1) is 7.15. The molecule has 1 aliphatic carbocycles. The zero-order valence-corrected chi connectivity index (χ0v) is 8.87. The van der Waals surface area contributed by atoms with Crippen LogP contribution in [-0.2, 0) is 0 Å². The van der Waals surface area contributed by atoms with E-state index in [1.807, 2.05) is 13.0 Å². The van der Waals surface area contributed by atoms with Crippen LogP contribution < -0.4 is 10.5 Å². The Morgan fingerprint density at radius 3 is 2.80 bits per heavy atom. The Balaban J connectivity index is 2.07. The number of hydrogen-bond donors (Lipinski definition) is 1. The molecule has 0 unspecified atom stereocenters. The zero-order chi connectivity index (χ0) is 10.8. The van der Waals surface area contributed by atoms with Gasteiger partial charge >= 0.3 is 0 Å². The topological polar surface area (TPSA) is 35.2 Å². The quantitative estimate of drug-likeness (QED) is 0.827. The summed E-state index contributed by atoms with van der Waals surface area (Å²) >= 11 is 0. The van der Waals surface area contributed by atoms with Crippen LogP contribution in [0, 0.1) is 11.7 Å². The summed E-state index contributed by atoms with van der Waals surface area (Å²) in [6, 6.07) is 4.52. The predicted octanol–water partition coefficient (Wildman–Crippen LogP) is 2.63. The van der Waals surface area contributed by atoms with E-state index < -0.39 is 0 Å². The Morgan fingerprint density at radius 1 is 1.47 bits per heavy atom. The van der Waals surface area contributed by atoms with E-state index in [-0.39, 0.29) is 11.9 Å². The smallest absolute Gasteiger partial charge is 0.127 e. The summed E-state index contributed by atoms with van der Waals surface area (Å²) in [5.41, 5.74) is 6.48. The van der Waals surface area contributed by atoms with E-state index >= 15 is 0 Å². The molecule has 1 atom stereocenters. The summed E-state index contributed by atoms with van der Waals surface area (Å²) in [5.74, 6) is 0.983. The van der Waals surface area contributed by atoms with Gasteiger partial charge in [-0.15, -0.1) is 0 Å². The van der Waals surface area contributed by atoms with Gasteiger partial charge in [0.05, 0.1) is 6.61 Å². The summed E-state index contributed by atoms with van der Waals surface area (Å²) in [4.78, 5) is 0. The molecule has 1 saturated carbocycles. The third-order valence-electron chi connectivity index (χ3n) is 2.60. The van der Waals surface area contributed by atoms with E-state index in [0.29, 0.717) is 18.3 Å².